The van der Waals surface area contributed by atoms with Crippen molar-refractivity contribution in [2.45, 2.75) is 83.0 Å². The van der Waals surface area contributed by atoms with Crippen LogP contribution in [-0.2, 0) is 16.1 Å². The molecule has 2 unspecified atom stereocenters. The van der Waals surface area contributed by atoms with Gasteiger partial charge in [0.15, 0.2) is 0 Å². The fraction of sp³-hybridized carbons (Fsp3) is 0.682. The Morgan fingerprint density at radius 1 is 1.15 bits per heavy atom. The van der Waals surface area contributed by atoms with Crippen LogP contribution in [-0.4, -0.2) is 28.8 Å². The van der Waals surface area contributed by atoms with Crippen LogP contribution in [0, 0.1) is 5.41 Å². The van der Waals surface area contributed by atoms with Crippen LogP contribution in [0.5, 0.6) is 0 Å². The van der Waals surface area contributed by atoms with Crippen LogP contribution in [0.25, 0.3) is 0 Å². The van der Waals surface area contributed by atoms with Crippen molar-refractivity contribution >= 4 is 5.91 Å². The van der Waals surface area contributed by atoms with E-state index >= 15 is 0 Å². The van der Waals surface area contributed by atoms with Gasteiger partial charge in [-0.1, -0.05) is 57.0 Å². The third-order valence-electron chi connectivity index (χ3n) is 6.47. The van der Waals surface area contributed by atoms with Gasteiger partial charge in [-0.15, -0.1) is 0 Å². The Kier molecular flexibility index (Phi) is 5.73. The molecule has 1 amide bonds. The van der Waals surface area contributed by atoms with Gasteiger partial charge in [0, 0.05) is 6.54 Å². The number of benzene rings is 1. The smallest absolute Gasteiger partial charge is 0.229 e. The summed E-state index contributed by atoms with van der Waals surface area (Å²) in [5.74, 6) is 0.110. The highest BCUT2D eigenvalue weighted by molar-refractivity contribution is 5.85. The van der Waals surface area contributed by atoms with Crippen molar-refractivity contribution in [3.63, 3.8) is 0 Å². The molecule has 1 aromatic carbocycles. The fourth-order valence-electron chi connectivity index (χ4n) is 5.46. The molecule has 0 radical (unpaired) electrons. The van der Waals surface area contributed by atoms with Gasteiger partial charge in [-0.25, -0.2) is 0 Å². The monoisotopic (exact) mass is 359 g/mol. The third-order valence-corrected chi connectivity index (χ3v) is 6.47. The Bertz CT molecular complexity index is 611. The minimum Gasteiger partial charge on any atom is -0.393 e. The lowest BCUT2D eigenvalue weighted by molar-refractivity contribution is -0.159. The maximum atomic E-state index is 13.5. The van der Waals surface area contributed by atoms with Crippen molar-refractivity contribution in [2.24, 2.45) is 5.41 Å². The second-order valence-corrected chi connectivity index (χ2v) is 8.22. The normalized spacial score (nSPS) is 29.5. The summed E-state index contributed by atoms with van der Waals surface area (Å²) in [6.07, 6.45) is 7.01. The van der Waals surface area contributed by atoms with Crippen molar-refractivity contribution in [1.29, 1.82) is 0 Å². The van der Waals surface area contributed by atoms with Gasteiger partial charge in [0.25, 0.3) is 0 Å². The summed E-state index contributed by atoms with van der Waals surface area (Å²) in [7, 11) is 0. The molecule has 1 saturated carbocycles. The number of aliphatic hydroxyl groups is 1. The zero-order valence-electron chi connectivity index (χ0n) is 16.2. The number of nitrogens with one attached hydrogen (secondary N) is 1. The first-order valence-corrected chi connectivity index (χ1v) is 10.2. The lowest BCUT2D eigenvalue weighted by Crippen LogP contribution is -2.54. The van der Waals surface area contributed by atoms with E-state index in [9.17, 15) is 9.90 Å². The highest BCUT2D eigenvalue weighted by atomic mass is 16.5. The van der Waals surface area contributed by atoms with E-state index in [1.807, 2.05) is 30.3 Å². The van der Waals surface area contributed by atoms with Crippen molar-refractivity contribution in [3.8, 4) is 0 Å². The summed E-state index contributed by atoms with van der Waals surface area (Å²) < 4.78 is 6.66. The largest absolute Gasteiger partial charge is 0.393 e. The maximum Gasteiger partial charge on any atom is 0.229 e. The molecule has 2 bridgehead atoms. The average Bonchev–Trinajstić information content (AvgIpc) is 2.86. The number of hydrogen-bond donors (Lipinski definition) is 2. The zero-order valence-corrected chi connectivity index (χ0v) is 16.2. The molecular weight excluding hydrogens is 326 g/mol. The number of hydrogen-bond acceptors (Lipinski definition) is 3. The van der Waals surface area contributed by atoms with Crippen molar-refractivity contribution < 1.29 is 14.6 Å². The molecule has 26 heavy (non-hydrogen) atoms. The molecule has 1 saturated heterocycles. The summed E-state index contributed by atoms with van der Waals surface area (Å²) in [6, 6.07) is 10.0. The fourth-order valence-corrected chi connectivity index (χ4v) is 5.46. The Labute approximate surface area is 157 Å². The number of carbonyl (C=O) groups excluding carboxylic acids is 1. The number of amides is 1. The lowest BCUT2D eigenvalue weighted by atomic mass is 9.60. The lowest BCUT2D eigenvalue weighted by Gasteiger charge is -2.43. The van der Waals surface area contributed by atoms with Crippen LogP contribution in [0.2, 0.25) is 0 Å². The minimum atomic E-state index is -0.535. The van der Waals surface area contributed by atoms with Gasteiger partial charge in [0.1, 0.15) is 0 Å². The van der Waals surface area contributed by atoms with Crippen molar-refractivity contribution in [2.75, 3.05) is 6.61 Å². The number of fused-ring (bicyclic) bond motifs is 2. The SMILES string of the molecule is CCCC1(CCC)OC2(CO)CCCC1(C(=O)NCc1ccccc1)C2. The van der Waals surface area contributed by atoms with E-state index in [-0.39, 0.29) is 12.5 Å². The second kappa shape index (κ2) is 7.69. The molecule has 1 aromatic rings. The van der Waals surface area contributed by atoms with Gasteiger partial charge < -0.3 is 15.2 Å². The highest BCUT2D eigenvalue weighted by Gasteiger charge is 2.68. The summed E-state index contributed by atoms with van der Waals surface area (Å²) in [6.45, 7) is 4.87. The van der Waals surface area contributed by atoms with Gasteiger partial charge >= 0.3 is 0 Å². The Balaban J connectivity index is 1.89. The van der Waals surface area contributed by atoms with E-state index in [4.69, 9.17) is 4.74 Å². The molecule has 1 aliphatic carbocycles. The Hall–Kier alpha value is -1.39. The Morgan fingerprint density at radius 3 is 2.46 bits per heavy atom. The van der Waals surface area contributed by atoms with E-state index in [1.165, 1.54) is 0 Å². The first-order chi connectivity index (χ1) is 12.6. The molecule has 2 atom stereocenters. The summed E-state index contributed by atoms with van der Waals surface area (Å²) in [5.41, 5.74) is -0.394. The second-order valence-electron chi connectivity index (χ2n) is 8.22. The predicted octanol–water partition coefficient (Wildman–Crippen LogP) is 3.96. The van der Waals surface area contributed by atoms with Crippen molar-refractivity contribution in [1.82, 2.24) is 5.32 Å². The minimum absolute atomic E-state index is 0.00982. The molecule has 2 fully saturated rings. The van der Waals surface area contributed by atoms with Gasteiger partial charge in [-0.3, -0.25) is 4.79 Å². The van der Waals surface area contributed by atoms with Crippen molar-refractivity contribution in [3.05, 3.63) is 35.9 Å². The third kappa shape index (κ3) is 3.18. The zero-order chi connectivity index (χ0) is 18.7. The first kappa shape index (κ1) is 19.4. The predicted molar refractivity (Wildman–Crippen MR) is 103 cm³/mol. The van der Waals surface area contributed by atoms with E-state index < -0.39 is 16.6 Å². The van der Waals surface area contributed by atoms with Crippen LogP contribution in [0.4, 0.5) is 0 Å². The maximum absolute atomic E-state index is 13.5. The van der Waals surface area contributed by atoms with Crippen LogP contribution in [0.1, 0.15) is 70.8 Å². The van der Waals surface area contributed by atoms with Gasteiger partial charge in [0.2, 0.25) is 5.91 Å². The van der Waals surface area contributed by atoms with E-state index in [2.05, 4.69) is 19.2 Å². The number of rotatable bonds is 8. The number of ether oxygens (including phenoxy) is 1. The van der Waals surface area contributed by atoms with E-state index in [0.717, 1.165) is 50.5 Å². The highest BCUT2D eigenvalue weighted by Crippen LogP contribution is 2.62. The van der Waals surface area contributed by atoms with Crippen LogP contribution in [0.15, 0.2) is 30.3 Å². The van der Waals surface area contributed by atoms with Crippen LogP contribution in [0.3, 0.4) is 0 Å². The topological polar surface area (TPSA) is 58.6 Å². The van der Waals surface area contributed by atoms with Gasteiger partial charge in [0.05, 0.1) is 23.2 Å². The standard InChI is InChI=1S/C22H33NO3/c1-3-11-22(12-4-2)21(14-8-13-20(16-21,17-24)26-22)19(25)23-15-18-9-6-5-7-10-18/h5-7,9-10,24H,3-4,8,11-17H2,1-2H3,(H,23,25). The molecule has 0 aromatic heterocycles. The molecule has 144 valence electrons. The molecule has 2 N–H and O–H groups in total. The molecule has 3 rings (SSSR count). The van der Waals surface area contributed by atoms with Gasteiger partial charge in [-0.05, 0) is 44.1 Å². The summed E-state index contributed by atoms with van der Waals surface area (Å²) in [4.78, 5) is 13.5. The first-order valence-electron chi connectivity index (χ1n) is 10.2. The number of aliphatic hydroxyl groups excluding tert-OH is 1. The molecule has 1 aliphatic heterocycles. The average molecular weight is 360 g/mol. The Morgan fingerprint density at radius 2 is 1.85 bits per heavy atom. The van der Waals surface area contributed by atoms with E-state index in [0.29, 0.717) is 13.0 Å². The molecule has 0 spiro atoms. The van der Waals surface area contributed by atoms with Gasteiger partial charge in [-0.2, -0.15) is 0 Å². The van der Waals surface area contributed by atoms with Crippen LogP contribution >= 0.6 is 0 Å². The van der Waals surface area contributed by atoms with Crippen LogP contribution < -0.4 is 5.32 Å². The molecule has 2 aliphatic rings. The van der Waals surface area contributed by atoms with E-state index in [1.54, 1.807) is 0 Å². The molecular formula is C22H33NO3. The quantitative estimate of drug-likeness (QED) is 0.738. The molecule has 1 heterocycles. The molecule has 4 heteroatoms. The molecule has 4 nitrogen and oxygen atoms in total. The number of carbonyl (C=O) groups is 1. The summed E-state index contributed by atoms with van der Waals surface area (Å²) in [5, 5.41) is 13.3. The summed E-state index contributed by atoms with van der Waals surface area (Å²) >= 11 is 0.